The first kappa shape index (κ1) is 24.8. The highest BCUT2D eigenvalue weighted by Crippen LogP contribution is 2.27. The third-order valence-electron chi connectivity index (χ3n) is 4.83. The van der Waals surface area contributed by atoms with Gasteiger partial charge in [-0.3, -0.25) is 9.10 Å². The van der Waals surface area contributed by atoms with Gasteiger partial charge < -0.3 is 4.57 Å². The summed E-state index contributed by atoms with van der Waals surface area (Å²) in [7, 11) is -3.90. The van der Waals surface area contributed by atoms with Crippen LogP contribution in [-0.2, 0) is 14.8 Å². The number of sulfonamides is 1. The summed E-state index contributed by atoms with van der Waals surface area (Å²) in [5, 5.41) is 4.81. The monoisotopic (exact) mass is 510 g/mol. The molecule has 1 aromatic heterocycles. The SMILES string of the molecule is Cc1cc(/C=N\NC(=O)CN(c2ccccc2F)S(C)(=O)=O)c(C)n1-c1ccc(Cl)c(Cl)c1. The fraction of sp³-hybridized carbons (Fsp3) is 0.182. The van der Waals surface area contributed by atoms with Crippen LogP contribution in [0.1, 0.15) is 17.0 Å². The number of carbonyl (C=O) groups excluding carboxylic acids is 1. The predicted octanol–water partition coefficient (Wildman–Crippen LogP) is 4.46. The molecule has 1 amide bonds. The quantitative estimate of drug-likeness (QED) is 0.376. The number of hydrogen-bond donors (Lipinski definition) is 1. The molecule has 0 aliphatic heterocycles. The van der Waals surface area contributed by atoms with Gasteiger partial charge in [0.25, 0.3) is 5.91 Å². The van der Waals surface area contributed by atoms with Crippen LogP contribution in [0.15, 0.2) is 53.6 Å². The second kappa shape index (κ2) is 9.94. The average Bonchev–Trinajstić information content (AvgIpc) is 3.01. The van der Waals surface area contributed by atoms with Crippen molar-refractivity contribution in [3.05, 3.63) is 81.3 Å². The Hall–Kier alpha value is -2.88. The Morgan fingerprint density at radius 2 is 1.85 bits per heavy atom. The fourth-order valence-corrected chi connectivity index (χ4v) is 4.46. The maximum Gasteiger partial charge on any atom is 0.260 e. The fourth-order valence-electron chi connectivity index (χ4n) is 3.31. The van der Waals surface area contributed by atoms with E-state index in [1.54, 1.807) is 12.1 Å². The molecular formula is C22H21Cl2FN4O3S. The van der Waals surface area contributed by atoms with Crippen molar-refractivity contribution in [1.29, 1.82) is 0 Å². The summed E-state index contributed by atoms with van der Waals surface area (Å²) in [6.07, 6.45) is 2.34. The van der Waals surface area contributed by atoms with Crippen molar-refractivity contribution in [2.45, 2.75) is 13.8 Å². The van der Waals surface area contributed by atoms with E-state index in [4.69, 9.17) is 23.2 Å². The van der Waals surface area contributed by atoms with Crippen molar-refractivity contribution in [3.63, 3.8) is 0 Å². The number of nitrogens with zero attached hydrogens (tertiary/aromatic N) is 3. The van der Waals surface area contributed by atoms with Crippen LogP contribution in [-0.4, -0.2) is 37.9 Å². The molecule has 0 saturated heterocycles. The summed E-state index contributed by atoms with van der Waals surface area (Å²) in [4.78, 5) is 12.3. The van der Waals surface area contributed by atoms with Gasteiger partial charge in [-0.25, -0.2) is 18.2 Å². The van der Waals surface area contributed by atoms with Gasteiger partial charge in [-0.2, -0.15) is 5.10 Å². The highest BCUT2D eigenvalue weighted by molar-refractivity contribution is 7.92. The molecule has 0 atom stereocenters. The Bertz CT molecular complexity index is 1340. The van der Waals surface area contributed by atoms with Crippen LogP contribution < -0.4 is 9.73 Å². The van der Waals surface area contributed by atoms with Gasteiger partial charge in [0.1, 0.15) is 12.4 Å². The Labute approximate surface area is 201 Å². The van der Waals surface area contributed by atoms with E-state index in [9.17, 15) is 17.6 Å². The number of nitrogens with one attached hydrogen (secondary N) is 1. The van der Waals surface area contributed by atoms with E-state index in [2.05, 4.69) is 10.5 Å². The van der Waals surface area contributed by atoms with Crippen molar-refractivity contribution in [2.24, 2.45) is 5.10 Å². The van der Waals surface area contributed by atoms with Crippen LogP contribution in [0.4, 0.5) is 10.1 Å². The lowest BCUT2D eigenvalue weighted by molar-refractivity contribution is -0.119. The van der Waals surface area contributed by atoms with E-state index in [1.807, 2.05) is 30.5 Å². The summed E-state index contributed by atoms with van der Waals surface area (Å²) in [5.41, 5.74) is 5.36. The largest absolute Gasteiger partial charge is 0.318 e. The summed E-state index contributed by atoms with van der Waals surface area (Å²) < 4.78 is 40.9. The molecule has 1 N–H and O–H groups in total. The first-order chi connectivity index (χ1) is 15.5. The number of amides is 1. The Morgan fingerprint density at radius 1 is 1.15 bits per heavy atom. The minimum Gasteiger partial charge on any atom is -0.318 e. The number of hydrogen-bond acceptors (Lipinski definition) is 4. The number of rotatable bonds is 7. The van der Waals surface area contributed by atoms with E-state index < -0.39 is 28.3 Å². The molecule has 7 nitrogen and oxygen atoms in total. The standard InChI is InChI=1S/C22H21Cl2FN4O3S/c1-14-10-16(15(2)29(14)17-8-9-18(23)19(24)11-17)12-26-27-22(30)13-28(33(3,31)32)21-7-5-4-6-20(21)25/h4-12H,13H2,1-3H3,(H,27,30)/b26-12-. The third-order valence-corrected chi connectivity index (χ3v) is 6.70. The lowest BCUT2D eigenvalue weighted by Crippen LogP contribution is -2.39. The minimum atomic E-state index is -3.90. The molecule has 0 aliphatic carbocycles. The van der Waals surface area contributed by atoms with Crippen LogP contribution in [0.3, 0.4) is 0 Å². The van der Waals surface area contributed by atoms with Gasteiger partial charge in [0, 0.05) is 22.6 Å². The third kappa shape index (κ3) is 5.73. The molecule has 3 rings (SSSR count). The van der Waals surface area contributed by atoms with Crippen LogP contribution in [0.5, 0.6) is 0 Å². The second-order valence-electron chi connectivity index (χ2n) is 7.27. The van der Waals surface area contributed by atoms with Crippen LogP contribution >= 0.6 is 23.2 Å². The molecule has 3 aromatic rings. The molecule has 0 radical (unpaired) electrons. The highest BCUT2D eigenvalue weighted by atomic mass is 35.5. The van der Waals surface area contributed by atoms with E-state index in [0.29, 0.717) is 14.4 Å². The molecule has 1 heterocycles. The molecule has 0 spiro atoms. The maximum absolute atomic E-state index is 14.1. The lowest BCUT2D eigenvalue weighted by atomic mass is 10.2. The predicted molar refractivity (Wildman–Crippen MR) is 130 cm³/mol. The Morgan fingerprint density at radius 3 is 2.48 bits per heavy atom. The minimum absolute atomic E-state index is 0.218. The van der Waals surface area contributed by atoms with Crippen molar-refractivity contribution < 1.29 is 17.6 Å². The molecule has 2 aromatic carbocycles. The van der Waals surface area contributed by atoms with Crippen molar-refractivity contribution in [3.8, 4) is 5.69 Å². The second-order valence-corrected chi connectivity index (χ2v) is 10.00. The summed E-state index contributed by atoms with van der Waals surface area (Å²) in [5.74, 6) is -1.48. The highest BCUT2D eigenvalue weighted by Gasteiger charge is 2.23. The Balaban J connectivity index is 1.76. The van der Waals surface area contributed by atoms with E-state index >= 15 is 0 Å². The molecule has 0 bridgehead atoms. The summed E-state index contributed by atoms with van der Waals surface area (Å²) in [6.45, 7) is 3.16. The zero-order valence-corrected chi connectivity index (χ0v) is 20.3. The van der Waals surface area contributed by atoms with E-state index in [1.165, 1.54) is 24.4 Å². The number of aryl methyl sites for hydroxylation is 1. The molecule has 11 heteroatoms. The molecule has 0 unspecified atom stereocenters. The molecule has 174 valence electrons. The van der Waals surface area contributed by atoms with Crippen molar-refractivity contribution in [2.75, 3.05) is 17.1 Å². The van der Waals surface area contributed by atoms with Gasteiger partial charge in [-0.15, -0.1) is 0 Å². The van der Waals surface area contributed by atoms with Crippen LogP contribution in [0.25, 0.3) is 5.69 Å². The average molecular weight is 511 g/mol. The molecule has 0 saturated carbocycles. The summed E-state index contributed by atoms with van der Waals surface area (Å²) >= 11 is 12.1. The number of halogens is 3. The molecule has 0 aliphatic rings. The van der Waals surface area contributed by atoms with Gasteiger partial charge in [0.05, 0.1) is 28.2 Å². The smallest absolute Gasteiger partial charge is 0.260 e. The van der Waals surface area contributed by atoms with Crippen LogP contribution in [0.2, 0.25) is 10.0 Å². The van der Waals surface area contributed by atoms with Gasteiger partial charge in [-0.1, -0.05) is 35.3 Å². The lowest BCUT2D eigenvalue weighted by Gasteiger charge is -2.21. The van der Waals surface area contributed by atoms with E-state index in [0.717, 1.165) is 35.0 Å². The zero-order chi connectivity index (χ0) is 24.3. The zero-order valence-electron chi connectivity index (χ0n) is 18.0. The van der Waals surface area contributed by atoms with Crippen molar-refractivity contribution in [1.82, 2.24) is 9.99 Å². The van der Waals surface area contributed by atoms with E-state index in [-0.39, 0.29) is 5.69 Å². The number of aromatic nitrogens is 1. The number of hydrazone groups is 1. The molecular weight excluding hydrogens is 490 g/mol. The van der Waals surface area contributed by atoms with Crippen LogP contribution in [0, 0.1) is 19.7 Å². The molecule has 33 heavy (non-hydrogen) atoms. The van der Waals surface area contributed by atoms with Gasteiger partial charge >= 0.3 is 0 Å². The van der Waals surface area contributed by atoms with Gasteiger partial charge in [-0.05, 0) is 50.2 Å². The Kier molecular flexibility index (Phi) is 7.46. The topological polar surface area (TPSA) is 83.8 Å². The number of carbonyl (C=O) groups is 1. The summed E-state index contributed by atoms with van der Waals surface area (Å²) in [6, 6.07) is 12.5. The first-order valence-corrected chi connectivity index (χ1v) is 12.3. The first-order valence-electron chi connectivity index (χ1n) is 9.67. The normalized spacial score (nSPS) is 11.7. The number of benzene rings is 2. The van der Waals surface area contributed by atoms with Crippen molar-refractivity contribution >= 4 is 51.0 Å². The maximum atomic E-state index is 14.1. The number of anilines is 1. The molecule has 0 fully saturated rings. The number of para-hydroxylation sites is 1. The van der Waals surface area contributed by atoms with Gasteiger partial charge in [0.2, 0.25) is 10.0 Å². The van der Waals surface area contributed by atoms with Gasteiger partial charge in [0.15, 0.2) is 0 Å².